The first-order valence-corrected chi connectivity index (χ1v) is 13.0. The van der Waals surface area contributed by atoms with E-state index >= 15 is 0 Å². The number of benzene rings is 3. The number of nitrogens with one attached hydrogen (secondary N) is 1. The first-order chi connectivity index (χ1) is 17.0. The molecule has 0 radical (unpaired) electrons. The van der Waals surface area contributed by atoms with Crippen LogP contribution in [-0.2, 0) is 10.0 Å². The quantitative estimate of drug-likeness (QED) is 0.510. The smallest absolute Gasteiger partial charge is 0.258 e. The summed E-state index contributed by atoms with van der Waals surface area (Å²) in [7, 11) is -3.68. The standard InChI is InChI=1S/C27H26N2O5S/c30-27(21-9-4-10-24(18-21)35(31,32)28-22-11-12-22)29(15-5-8-20-6-2-1-3-7-20)23-13-14-25-26(19-23)34-17-16-33-25/h1-10,13-14,18-19,22,28H,11-12,15-17H2/b8-5+. The Kier molecular flexibility index (Phi) is 6.57. The molecule has 2 aliphatic rings. The van der Waals surface area contributed by atoms with Gasteiger partial charge in [-0.3, -0.25) is 4.79 Å². The van der Waals surface area contributed by atoms with Crippen molar-refractivity contribution in [3.63, 3.8) is 0 Å². The van der Waals surface area contributed by atoms with Gasteiger partial charge in [0.1, 0.15) is 13.2 Å². The van der Waals surface area contributed by atoms with Crippen LogP contribution in [0, 0.1) is 0 Å². The number of sulfonamides is 1. The van der Waals surface area contributed by atoms with E-state index in [0.717, 1.165) is 18.4 Å². The third-order valence-corrected chi connectivity index (χ3v) is 7.29. The second kappa shape index (κ2) is 9.93. The zero-order chi connectivity index (χ0) is 24.3. The highest BCUT2D eigenvalue weighted by Gasteiger charge is 2.29. The molecule has 7 nitrogen and oxygen atoms in total. The fraction of sp³-hybridized carbons (Fsp3) is 0.222. The minimum absolute atomic E-state index is 0.0169. The van der Waals surface area contributed by atoms with E-state index in [-0.39, 0.29) is 29.0 Å². The highest BCUT2D eigenvalue weighted by atomic mass is 32.2. The lowest BCUT2D eigenvalue weighted by molar-refractivity contribution is 0.0989. The first kappa shape index (κ1) is 23.1. The average Bonchev–Trinajstić information content (AvgIpc) is 3.70. The molecular weight excluding hydrogens is 464 g/mol. The topological polar surface area (TPSA) is 84.9 Å². The summed E-state index contributed by atoms with van der Waals surface area (Å²) in [4.78, 5) is 15.3. The van der Waals surface area contributed by atoms with Gasteiger partial charge in [-0.2, -0.15) is 0 Å². The highest BCUT2D eigenvalue weighted by molar-refractivity contribution is 7.89. The van der Waals surface area contributed by atoms with Gasteiger partial charge in [-0.25, -0.2) is 13.1 Å². The molecule has 35 heavy (non-hydrogen) atoms. The van der Waals surface area contributed by atoms with Crippen LogP contribution in [0.2, 0.25) is 0 Å². The van der Waals surface area contributed by atoms with Gasteiger partial charge in [0, 0.05) is 29.9 Å². The summed E-state index contributed by atoms with van der Waals surface area (Å²) in [6, 6.07) is 21.3. The molecule has 1 aliphatic heterocycles. The van der Waals surface area contributed by atoms with E-state index in [0.29, 0.717) is 30.4 Å². The van der Waals surface area contributed by atoms with Gasteiger partial charge >= 0.3 is 0 Å². The number of carbonyl (C=O) groups is 1. The Hall–Kier alpha value is -3.62. The molecule has 0 saturated heterocycles. The van der Waals surface area contributed by atoms with Crippen LogP contribution in [0.3, 0.4) is 0 Å². The highest BCUT2D eigenvalue weighted by Crippen LogP contribution is 2.34. The van der Waals surface area contributed by atoms with E-state index in [1.807, 2.05) is 42.5 Å². The fourth-order valence-corrected chi connectivity index (χ4v) is 5.16. The lowest BCUT2D eigenvalue weighted by atomic mass is 10.1. The van der Waals surface area contributed by atoms with E-state index < -0.39 is 10.0 Å². The molecule has 0 unspecified atom stereocenters. The van der Waals surface area contributed by atoms with Gasteiger partial charge in [0.05, 0.1) is 4.90 Å². The van der Waals surface area contributed by atoms with Gasteiger partial charge in [0.15, 0.2) is 11.5 Å². The predicted molar refractivity (Wildman–Crippen MR) is 134 cm³/mol. The Morgan fingerprint density at radius 1 is 0.943 bits per heavy atom. The van der Waals surface area contributed by atoms with Crippen LogP contribution in [-0.4, -0.2) is 40.1 Å². The van der Waals surface area contributed by atoms with Crippen molar-refractivity contribution in [3.05, 3.63) is 90.0 Å². The molecular formula is C27H26N2O5S. The van der Waals surface area contributed by atoms with Crippen LogP contribution in [0.25, 0.3) is 6.08 Å². The van der Waals surface area contributed by atoms with Crippen molar-refractivity contribution < 1.29 is 22.7 Å². The number of nitrogens with zero attached hydrogens (tertiary/aromatic N) is 1. The zero-order valence-electron chi connectivity index (χ0n) is 19.1. The zero-order valence-corrected chi connectivity index (χ0v) is 19.9. The van der Waals surface area contributed by atoms with Crippen molar-refractivity contribution in [1.82, 2.24) is 4.72 Å². The second-order valence-electron chi connectivity index (χ2n) is 8.48. The van der Waals surface area contributed by atoms with E-state index in [9.17, 15) is 13.2 Å². The summed E-state index contributed by atoms with van der Waals surface area (Å²) >= 11 is 0. The minimum Gasteiger partial charge on any atom is -0.486 e. The van der Waals surface area contributed by atoms with Crippen molar-refractivity contribution in [2.45, 2.75) is 23.8 Å². The molecule has 0 bridgehead atoms. The summed E-state index contributed by atoms with van der Waals surface area (Å²) in [5, 5.41) is 0. The predicted octanol–water partition coefficient (Wildman–Crippen LogP) is 4.26. The molecule has 1 saturated carbocycles. The maximum atomic E-state index is 13.7. The molecule has 3 aromatic carbocycles. The summed E-state index contributed by atoms with van der Waals surface area (Å²) in [5.74, 6) is 0.887. The van der Waals surface area contributed by atoms with Gasteiger partial charge in [0.25, 0.3) is 5.91 Å². The molecule has 0 aromatic heterocycles. The van der Waals surface area contributed by atoms with E-state index in [2.05, 4.69) is 4.72 Å². The third kappa shape index (κ3) is 5.55. The van der Waals surface area contributed by atoms with Crippen LogP contribution in [0.15, 0.2) is 83.8 Å². The summed E-state index contributed by atoms with van der Waals surface area (Å²) in [6.07, 6.45) is 5.52. The SMILES string of the molecule is O=C(c1cccc(S(=O)(=O)NC2CC2)c1)N(C/C=C/c1ccccc1)c1ccc2c(c1)OCCO2. The fourth-order valence-electron chi connectivity index (χ4n) is 3.80. The van der Waals surface area contributed by atoms with Crippen LogP contribution < -0.4 is 19.1 Å². The maximum Gasteiger partial charge on any atom is 0.258 e. The summed E-state index contributed by atoms with van der Waals surface area (Å²) in [5.41, 5.74) is 1.93. The Bertz CT molecular complexity index is 1350. The van der Waals surface area contributed by atoms with Gasteiger partial charge in [-0.15, -0.1) is 0 Å². The largest absolute Gasteiger partial charge is 0.486 e. The van der Waals surface area contributed by atoms with E-state index in [1.54, 1.807) is 35.2 Å². The number of hydrogen-bond acceptors (Lipinski definition) is 5. The molecule has 5 rings (SSSR count). The second-order valence-corrected chi connectivity index (χ2v) is 10.2. The number of ether oxygens (including phenoxy) is 2. The minimum atomic E-state index is -3.68. The number of amides is 1. The van der Waals surface area contributed by atoms with Gasteiger partial charge < -0.3 is 14.4 Å². The Balaban J connectivity index is 1.45. The van der Waals surface area contributed by atoms with Gasteiger partial charge in [-0.05, 0) is 48.7 Å². The molecule has 3 aromatic rings. The molecule has 8 heteroatoms. The van der Waals surface area contributed by atoms with Crippen LogP contribution in [0.1, 0.15) is 28.8 Å². The van der Waals surface area contributed by atoms with Crippen LogP contribution in [0.4, 0.5) is 5.69 Å². The van der Waals surface area contributed by atoms with E-state index in [1.165, 1.54) is 12.1 Å². The lowest BCUT2D eigenvalue weighted by Crippen LogP contribution is -2.32. The molecule has 0 atom stereocenters. The number of hydrogen-bond donors (Lipinski definition) is 1. The summed E-state index contributed by atoms with van der Waals surface area (Å²) in [6.45, 7) is 1.20. The number of rotatable bonds is 8. The van der Waals surface area contributed by atoms with Crippen molar-refractivity contribution in [2.24, 2.45) is 0 Å². The lowest BCUT2D eigenvalue weighted by Gasteiger charge is -2.25. The van der Waals surface area contributed by atoms with Gasteiger partial charge in [-0.1, -0.05) is 48.6 Å². The molecule has 1 fully saturated rings. The third-order valence-electron chi connectivity index (χ3n) is 5.77. The van der Waals surface area contributed by atoms with Crippen molar-refractivity contribution in [2.75, 3.05) is 24.7 Å². The number of carbonyl (C=O) groups excluding carboxylic acids is 1. The molecule has 1 N–H and O–H groups in total. The normalized spacial score (nSPS) is 15.2. The Morgan fingerprint density at radius 2 is 1.71 bits per heavy atom. The van der Waals surface area contributed by atoms with Crippen molar-refractivity contribution >= 4 is 27.7 Å². The molecule has 1 heterocycles. The number of anilines is 1. The number of fused-ring (bicyclic) bond motifs is 1. The maximum absolute atomic E-state index is 13.7. The monoisotopic (exact) mass is 490 g/mol. The van der Waals surface area contributed by atoms with Crippen LogP contribution >= 0.6 is 0 Å². The molecule has 0 spiro atoms. The van der Waals surface area contributed by atoms with Crippen LogP contribution in [0.5, 0.6) is 11.5 Å². The molecule has 1 aliphatic carbocycles. The van der Waals surface area contributed by atoms with Crippen molar-refractivity contribution in [1.29, 1.82) is 0 Å². The van der Waals surface area contributed by atoms with Crippen molar-refractivity contribution in [3.8, 4) is 11.5 Å². The molecule has 180 valence electrons. The Morgan fingerprint density at radius 3 is 2.49 bits per heavy atom. The van der Waals surface area contributed by atoms with E-state index in [4.69, 9.17) is 9.47 Å². The first-order valence-electron chi connectivity index (χ1n) is 11.6. The Labute approximate surface area is 205 Å². The molecule has 1 amide bonds. The average molecular weight is 491 g/mol. The van der Waals surface area contributed by atoms with Gasteiger partial charge in [0.2, 0.25) is 10.0 Å². The summed E-state index contributed by atoms with van der Waals surface area (Å²) < 4.78 is 39.4.